The molecule has 1 aromatic heterocycles. The molecular formula is C12H12N4S. The Morgan fingerprint density at radius 3 is 2.59 bits per heavy atom. The van der Waals surface area contributed by atoms with Crippen LogP contribution in [-0.2, 0) is 0 Å². The van der Waals surface area contributed by atoms with Gasteiger partial charge in [-0.1, -0.05) is 18.2 Å². The Hall–Kier alpha value is -2.06. The van der Waals surface area contributed by atoms with Crippen LogP contribution in [0.4, 0.5) is 16.5 Å². The van der Waals surface area contributed by atoms with Crippen LogP contribution in [0.1, 0.15) is 16.7 Å². The second-order valence-electron chi connectivity index (χ2n) is 3.78. The van der Waals surface area contributed by atoms with Crippen molar-refractivity contribution in [1.82, 2.24) is 4.37 Å². The summed E-state index contributed by atoms with van der Waals surface area (Å²) in [6.45, 7) is 4.04. The van der Waals surface area contributed by atoms with Gasteiger partial charge in [-0.15, -0.1) is 0 Å². The van der Waals surface area contributed by atoms with Crippen molar-refractivity contribution in [3.8, 4) is 6.07 Å². The molecule has 3 N–H and O–H groups in total. The van der Waals surface area contributed by atoms with Crippen LogP contribution < -0.4 is 11.1 Å². The number of aryl methyl sites for hydroxylation is 2. The molecule has 2 rings (SSSR count). The van der Waals surface area contributed by atoms with Crippen LogP contribution in [0.3, 0.4) is 0 Å². The average Bonchev–Trinajstić information content (AvgIpc) is 2.64. The summed E-state index contributed by atoms with van der Waals surface area (Å²) >= 11 is 1.20. The molecule has 4 nitrogen and oxygen atoms in total. The zero-order chi connectivity index (χ0) is 12.4. The molecule has 0 saturated carbocycles. The number of hydrogen-bond donors (Lipinski definition) is 2. The summed E-state index contributed by atoms with van der Waals surface area (Å²) in [7, 11) is 0. The number of hydrogen-bond acceptors (Lipinski definition) is 5. The monoisotopic (exact) mass is 244 g/mol. The summed E-state index contributed by atoms with van der Waals surface area (Å²) in [6.07, 6.45) is 0. The zero-order valence-corrected chi connectivity index (χ0v) is 10.4. The van der Waals surface area contributed by atoms with Crippen molar-refractivity contribution < 1.29 is 0 Å². The van der Waals surface area contributed by atoms with Crippen LogP contribution in [-0.4, -0.2) is 4.37 Å². The molecule has 0 aliphatic carbocycles. The number of nitrogens with two attached hydrogens (primary N) is 1. The molecule has 1 heterocycles. The topological polar surface area (TPSA) is 74.7 Å². The molecule has 0 radical (unpaired) electrons. The molecule has 0 amide bonds. The number of rotatable bonds is 2. The van der Waals surface area contributed by atoms with Crippen LogP contribution in [0.15, 0.2) is 18.2 Å². The van der Waals surface area contributed by atoms with Crippen molar-refractivity contribution in [1.29, 1.82) is 5.26 Å². The summed E-state index contributed by atoms with van der Waals surface area (Å²) in [5, 5.41) is 12.9. The number of nitrogen functional groups attached to an aromatic ring is 1. The second-order valence-corrected chi connectivity index (χ2v) is 4.55. The van der Waals surface area contributed by atoms with E-state index in [9.17, 15) is 0 Å². The Morgan fingerprint density at radius 2 is 2.00 bits per heavy atom. The van der Waals surface area contributed by atoms with Crippen molar-refractivity contribution in [3.63, 3.8) is 0 Å². The SMILES string of the molecule is Cc1cccc(C)c1Nc1snc(N)c1C#N. The maximum absolute atomic E-state index is 9.00. The van der Waals surface area contributed by atoms with Crippen LogP contribution >= 0.6 is 11.5 Å². The molecule has 0 bridgehead atoms. The van der Waals surface area contributed by atoms with Gasteiger partial charge in [0.1, 0.15) is 16.6 Å². The number of aromatic nitrogens is 1. The van der Waals surface area contributed by atoms with Crippen LogP contribution in [0.25, 0.3) is 0 Å². The minimum Gasteiger partial charge on any atom is -0.382 e. The van der Waals surface area contributed by atoms with Crippen molar-refractivity contribution in [2.45, 2.75) is 13.8 Å². The Kier molecular flexibility index (Phi) is 2.98. The predicted octanol–water partition coefficient (Wildman–Crippen LogP) is 2.96. The molecular weight excluding hydrogens is 232 g/mol. The quantitative estimate of drug-likeness (QED) is 0.851. The number of nitrogens with zero attached hydrogens (tertiary/aromatic N) is 2. The van der Waals surface area contributed by atoms with E-state index >= 15 is 0 Å². The van der Waals surface area contributed by atoms with Crippen LogP contribution in [0.2, 0.25) is 0 Å². The van der Waals surface area contributed by atoms with E-state index in [-0.39, 0.29) is 5.82 Å². The minimum atomic E-state index is 0.284. The average molecular weight is 244 g/mol. The summed E-state index contributed by atoms with van der Waals surface area (Å²) in [4.78, 5) is 0. The summed E-state index contributed by atoms with van der Waals surface area (Å²) in [6, 6.07) is 8.10. The lowest BCUT2D eigenvalue weighted by atomic mass is 10.1. The van der Waals surface area contributed by atoms with Gasteiger partial charge in [0.15, 0.2) is 5.82 Å². The first kappa shape index (κ1) is 11.4. The highest BCUT2D eigenvalue weighted by Gasteiger charge is 2.12. The van der Waals surface area contributed by atoms with E-state index in [4.69, 9.17) is 11.0 Å². The molecule has 86 valence electrons. The smallest absolute Gasteiger partial charge is 0.157 e. The van der Waals surface area contributed by atoms with E-state index in [2.05, 4.69) is 15.8 Å². The fourth-order valence-electron chi connectivity index (χ4n) is 1.62. The largest absolute Gasteiger partial charge is 0.382 e. The Bertz CT molecular complexity index is 575. The Morgan fingerprint density at radius 1 is 1.35 bits per heavy atom. The van der Waals surface area contributed by atoms with Gasteiger partial charge in [0.25, 0.3) is 0 Å². The van der Waals surface area contributed by atoms with E-state index in [0.717, 1.165) is 16.8 Å². The van der Waals surface area contributed by atoms with E-state index in [1.165, 1.54) is 11.5 Å². The molecule has 0 atom stereocenters. The fourth-order valence-corrected chi connectivity index (χ4v) is 2.29. The maximum atomic E-state index is 9.00. The van der Waals surface area contributed by atoms with Gasteiger partial charge in [0, 0.05) is 5.69 Å². The predicted molar refractivity (Wildman–Crippen MR) is 70.4 cm³/mol. The van der Waals surface area contributed by atoms with Crippen LogP contribution in [0, 0.1) is 25.2 Å². The van der Waals surface area contributed by atoms with Crippen molar-refractivity contribution in [2.24, 2.45) is 0 Å². The maximum Gasteiger partial charge on any atom is 0.157 e. The molecule has 0 spiro atoms. The van der Waals surface area contributed by atoms with Gasteiger partial charge in [-0.3, -0.25) is 0 Å². The highest BCUT2D eigenvalue weighted by molar-refractivity contribution is 7.10. The lowest BCUT2D eigenvalue weighted by Crippen LogP contribution is -1.96. The van der Waals surface area contributed by atoms with Gasteiger partial charge in [0.2, 0.25) is 0 Å². The fraction of sp³-hybridized carbons (Fsp3) is 0.167. The molecule has 0 saturated heterocycles. The standard InChI is InChI=1S/C12H12N4S/c1-7-4-3-5-8(2)10(7)15-12-9(6-13)11(14)16-17-12/h3-5,15H,1-2H3,(H2,14,16). The van der Waals surface area contributed by atoms with E-state index < -0.39 is 0 Å². The van der Waals surface area contributed by atoms with Gasteiger partial charge in [-0.2, -0.15) is 9.64 Å². The molecule has 0 fully saturated rings. The first-order valence-corrected chi connectivity index (χ1v) is 5.89. The van der Waals surface area contributed by atoms with E-state index in [1.807, 2.05) is 32.0 Å². The first-order chi connectivity index (χ1) is 8.13. The Labute approximate surface area is 104 Å². The molecule has 17 heavy (non-hydrogen) atoms. The first-order valence-electron chi connectivity index (χ1n) is 5.12. The van der Waals surface area contributed by atoms with E-state index in [0.29, 0.717) is 10.6 Å². The second kappa shape index (κ2) is 4.44. The molecule has 0 aliphatic rings. The molecule has 0 aliphatic heterocycles. The van der Waals surface area contributed by atoms with E-state index in [1.54, 1.807) is 0 Å². The number of benzene rings is 1. The molecule has 1 aromatic carbocycles. The van der Waals surface area contributed by atoms with Gasteiger partial charge in [-0.05, 0) is 36.5 Å². The molecule has 5 heteroatoms. The number of anilines is 3. The molecule has 2 aromatic rings. The van der Waals surface area contributed by atoms with Gasteiger partial charge in [0.05, 0.1) is 0 Å². The van der Waals surface area contributed by atoms with Crippen molar-refractivity contribution in [3.05, 3.63) is 34.9 Å². The lowest BCUT2D eigenvalue weighted by molar-refractivity contribution is 1.36. The number of para-hydroxylation sites is 1. The lowest BCUT2D eigenvalue weighted by Gasteiger charge is -2.10. The summed E-state index contributed by atoms with van der Waals surface area (Å²) < 4.78 is 3.98. The van der Waals surface area contributed by atoms with Crippen LogP contribution in [0.5, 0.6) is 0 Å². The highest BCUT2D eigenvalue weighted by Crippen LogP contribution is 2.31. The summed E-state index contributed by atoms with van der Waals surface area (Å²) in [5.41, 5.74) is 9.29. The van der Waals surface area contributed by atoms with Gasteiger partial charge in [-0.25, -0.2) is 0 Å². The molecule has 0 unspecified atom stereocenters. The van der Waals surface area contributed by atoms with Gasteiger partial charge >= 0.3 is 0 Å². The third-order valence-electron chi connectivity index (χ3n) is 2.55. The third-order valence-corrected chi connectivity index (χ3v) is 3.33. The minimum absolute atomic E-state index is 0.284. The Balaban J connectivity index is 2.42. The van der Waals surface area contributed by atoms with Crippen molar-refractivity contribution >= 4 is 28.0 Å². The number of nitrogens with one attached hydrogen (secondary N) is 1. The number of nitriles is 1. The zero-order valence-electron chi connectivity index (χ0n) is 9.61. The third kappa shape index (κ3) is 2.08. The highest BCUT2D eigenvalue weighted by atomic mass is 32.1. The summed E-state index contributed by atoms with van der Waals surface area (Å²) in [5.74, 6) is 0.284. The van der Waals surface area contributed by atoms with Gasteiger partial charge < -0.3 is 11.1 Å². The van der Waals surface area contributed by atoms with Crippen molar-refractivity contribution in [2.75, 3.05) is 11.1 Å². The normalized spacial score (nSPS) is 9.94.